The maximum atomic E-state index is 13.1. The molecule has 0 spiro atoms. The van der Waals surface area contributed by atoms with Crippen molar-refractivity contribution in [3.8, 4) is 16.9 Å². The van der Waals surface area contributed by atoms with Gasteiger partial charge >= 0.3 is 6.18 Å². The van der Waals surface area contributed by atoms with Crippen molar-refractivity contribution in [2.45, 2.75) is 11.1 Å². The third kappa shape index (κ3) is 3.46. The highest BCUT2D eigenvalue weighted by molar-refractivity contribution is 7.89. The van der Waals surface area contributed by atoms with Gasteiger partial charge in [0, 0.05) is 5.56 Å². The zero-order chi connectivity index (χ0) is 19.1. The minimum absolute atomic E-state index is 0.0534. The van der Waals surface area contributed by atoms with Crippen LogP contribution in [0, 0.1) is 5.82 Å². The predicted octanol–water partition coefficient (Wildman–Crippen LogP) is 3.34. The van der Waals surface area contributed by atoms with Gasteiger partial charge in [0.05, 0.1) is 16.3 Å². The SMILES string of the molecule is NS(=O)(=O)c1ccccc1-c1cc(C(F)(F)F)nn1-c1ccc(F)cc1. The number of hydrogen-bond acceptors (Lipinski definition) is 3. The Morgan fingerprint density at radius 1 is 1.00 bits per heavy atom. The van der Waals surface area contributed by atoms with Gasteiger partial charge < -0.3 is 0 Å². The Hall–Kier alpha value is -2.72. The van der Waals surface area contributed by atoms with E-state index in [1.807, 2.05) is 0 Å². The highest BCUT2D eigenvalue weighted by atomic mass is 32.2. The summed E-state index contributed by atoms with van der Waals surface area (Å²) in [6.07, 6.45) is -4.75. The predicted molar refractivity (Wildman–Crippen MR) is 85.3 cm³/mol. The number of hydrogen-bond donors (Lipinski definition) is 1. The van der Waals surface area contributed by atoms with Gasteiger partial charge in [-0.2, -0.15) is 18.3 Å². The van der Waals surface area contributed by atoms with Crippen LogP contribution in [0.25, 0.3) is 16.9 Å². The lowest BCUT2D eigenvalue weighted by atomic mass is 10.1. The Morgan fingerprint density at radius 3 is 2.19 bits per heavy atom. The van der Waals surface area contributed by atoms with Crippen LogP contribution < -0.4 is 5.14 Å². The van der Waals surface area contributed by atoms with Gasteiger partial charge in [-0.15, -0.1) is 0 Å². The molecule has 0 saturated heterocycles. The van der Waals surface area contributed by atoms with Gasteiger partial charge in [-0.3, -0.25) is 0 Å². The van der Waals surface area contributed by atoms with Gasteiger partial charge in [0.15, 0.2) is 5.69 Å². The molecule has 0 fully saturated rings. The van der Waals surface area contributed by atoms with Gasteiger partial charge in [-0.1, -0.05) is 18.2 Å². The van der Waals surface area contributed by atoms with E-state index in [1.165, 1.54) is 36.4 Å². The number of nitrogens with two attached hydrogens (primary N) is 1. The van der Waals surface area contributed by atoms with Crippen LogP contribution in [0.4, 0.5) is 17.6 Å². The third-order valence-electron chi connectivity index (χ3n) is 3.54. The van der Waals surface area contributed by atoms with E-state index >= 15 is 0 Å². The second kappa shape index (κ2) is 6.22. The summed E-state index contributed by atoms with van der Waals surface area (Å²) in [6.45, 7) is 0. The first kappa shape index (κ1) is 18.1. The molecule has 2 N–H and O–H groups in total. The smallest absolute Gasteiger partial charge is 0.232 e. The molecule has 0 aliphatic rings. The molecule has 0 aliphatic carbocycles. The number of nitrogens with zero attached hydrogens (tertiary/aromatic N) is 2. The molecular weight excluding hydrogens is 374 g/mol. The van der Waals surface area contributed by atoms with Crippen LogP contribution in [0.2, 0.25) is 0 Å². The zero-order valence-electron chi connectivity index (χ0n) is 12.9. The van der Waals surface area contributed by atoms with Crippen molar-refractivity contribution in [3.05, 3.63) is 66.1 Å². The minimum Gasteiger partial charge on any atom is -0.232 e. The van der Waals surface area contributed by atoms with Gasteiger partial charge in [0.1, 0.15) is 5.82 Å². The Bertz CT molecular complexity index is 1060. The van der Waals surface area contributed by atoms with E-state index in [9.17, 15) is 26.0 Å². The van der Waals surface area contributed by atoms with Crippen molar-refractivity contribution >= 4 is 10.0 Å². The first-order valence-corrected chi connectivity index (χ1v) is 8.67. The molecule has 5 nitrogen and oxygen atoms in total. The molecule has 1 heterocycles. The molecule has 136 valence electrons. The second-order valence-corrected chi connectivity index (χ2v) is 6.87. The molecule has 0 bridgehead atoms. The third-order valence-corrected chi connectivity index (χ3v) is 4.51. The highest BCUT2D eigenvalue weighted by Gasteiger charge is 2.36. The molecule has 0 aliphatic heterocycles. The normalized spacial score (nSPS) is 12.3. The molecule has 2 aromatic carbocycles. The lowest BCUT2D eigenvalue weighted by Gasteiger charge is -2.10. The summed E-state index contributed by atoms with van der Waals surface area (Å²) in [4.78, 5) is -0.350. The van der Waals surface area contributed by atoms with E-state index in [0.29, 0.717) is 6.07 Å². The molecule has 0 amide bonds. The van der Waals surface area contributed by atoms with Gasteiger partial charge in [0.2, 0.25) is 10.0 Å². The lowest BCUT2D eigenvalue weighted by Crippen LogP contribution is -2.14. The quantitative estimate of drug-likeness (QED) is 0.703. The molecule has 0 saturated carbocycles. The Morgan fingerprint density at radius 2 is 1.62 bits per heavy atom. The van der Waals surface area contributed by atoms with Crippen molar-refractivity contribution < 1.29 is 26.0 Å². The molecule has 26 heavy (non-hydrogen) atoms. The van der Waals surface area contributed by atoms with Crippen LogP contribution in [0.1, 0.15) is 5.69 Å². The van der Waals surface area contributed by atoms with Gasteiger partial charge in [-0.05, 0) is 36.4 Å². The minimum atomic E-state index is -4.75. The Labute approximate surface area is 145 Å². The van der Waals surface area contributed by atoms with E-state index in [4.69, 9.17) is 5.14 Å². The number of aromatic nitrogens is 2. The molecule has 3 aromatic rings. The Kier molecular flexibility index (Phi) is 4.32. The fourth-order valence-electron chi connectivity index (χ4n) is 2.42. The van der Waals surface area contributed by atoms with Crippen molar-refractivity contribution in [3.63, 3.8) is 0 Å². The fraction of sp³-hybridized carbons (Fsp3) is 0.0625. The van der Waals surface area contributed by atoms with Crippen LogP contribution >= 0.6 is 0 Å². The van der Waals surface area contributed by atoms with E-state index in [0.717, 1.165) is 16.8 Å². The average Bonchev–Trinajstić information content (AvgIpc) is 3.00. The standard InChI is InChI=1S/C16H11F4N3O2S/c17-10-5-7-11(8-6-10)23-13(9-15(22-23)16(18,19)20)12-3-1-2-4-14(12)26(21,24)25/h1-9H,(H2,21,24,25). The van der Waals surface area contributed by atoms with Crippen molar-refractivity contribution in [1.29, 1.82) is 0 Å². The molecule has 0 unspecified atom stereocenters. The van der Waals surface area contributed by atoms with Gasteiger partial charge in [-0.25, -0.2) is 22.6 Å². The first-order chi connectivity index (χ1) is 12.1. The summed E-state index contributed by atoms with van der Waals surface area (Å²) >= 11 is 0. The largest absolute Gasteiger partial charge is 0.435 e. The monoisotopic (exact) mass is 385 g/mol. The van der Waals surface area contributed by atoms with E-state index in [-0.39, 0.29) is 21.8 Å². The van der Waals surface area contributed by atoms with Crippen molar-refractivity contribution in [1.82, 2.24) is 9.78 Å². The maximum absolute atomic E-state index is 13.1. The summed E-state index contributed by atoms with van der Waals surface area (Å²) in [7, 11) is -4.20. The zero-order valence-corrected chi connectivity index (χ0v) is 13.7. The van der Waals surface area contributed by atoms with Crippen molar-refractivity contribution in [2.24, 2.45) is 5.14 Å². The summed E-state index contributed by atoms with van der Waals surface area (Å²) in [5.74, 6) is -0.580. The number of alkyl halides is 3. The molecule has 0 atom stereocenters. The second-order valence-electron chi connectivity index (χ2n) is 5.34. The average molecular weight is 385 g/mol. The maximum Gasteiger partial charge on any atom is 0.435 e. The van der Waals surface area contributed by atoms with Gasteiger partial charge in [0.25, 0.3) is 0 Å². The van der Waals surface area contributed by atoms with Crippen LogP contribution in [-0.2, 0) is 16.2 Å². The molecule has 3 rings (SSSR count). The lowest BCUT2D eigenvalue weighted by molar-refractivity contribution is -0.141. The fourth-order valence-corrected chi connectivity index (χ4v) is 3.16. The molecule has 1 aromatic heterocycles. The van der Waals surface area contributed by atoms with Crippen molar-refractivity contribution in [2.75, 3.05) is 0 Å². The van der Waals surface area contributed by atoms with Crippen LogP contribution in [0.5, 0.6) is 0 Å². The van der Waals surface area contributed by atoms with E-state index in [1.54, 1.807) is 0 Å². The van der Waals surface area contributed by atoms with E-state index < -0.39 is 27.7 Å². The molecule has 0 radical (unpaired) electrons. The summed E-state index contributed by atoms with van der Waals surface area (Å²) in [5, 5.41) is 8.68. The number of halogens is 4. The van der Waals surface area contributed by atoms with Crippen LogP contribution in [-0.4, -0.2) is 18.2 Å². The highest BCUT2D eigenvalue weighted by Crippen LogP contribution is 2.35. The number of primary sulfonamides is 1. The summed E-state index contributed by atoms with van der Waals surface area (Å²) in [5.41, 5.74) is -1.29. The topological polar surface area (TPSA) is 78.0 Å². The number of benzene rings is 2. The Balaban J connectivity index is 2.31. The number of sulfonamides is 1. The first-order valence-electron chi connectivity index (χ1n) is 7.13. The summed E-state index contributed by atoms with van der Waals surface area (Å²) in [6, 6.07) is 10.6. The summed E-state index contributed by atoms with van der Waals surface area (Å²) < 4.78 is 77.0. The van der Waals surface area contributed by atoms with Crippen LogP contribution in [0.3, 0.4) is 0 Å². The molecule has 10 heteroatoms. The van der Waals surface area contributed by atoms with Crippen LogP contribution in [0.15, 0.2) is 59.5 Å². The number of rotatable bonds is 3. The molecular formula is C16H11F4N3O2S. The van der Waals surface area contributed by atoms with E-state index in [2.05, 4.69) is 5.10 Å².